The van der Waals surface area contributed by atoms with Crippen LogP contribution in [-0.2, 0) is 0 Å². The van der Waals surface area contributed by atoms with Gasteiger partial charge in [0, 0.05) is 55.6 Å². The molecule has 0 saturated carbocycles. The summed E-state index contributed by atoms with van der Waals surface area (Å²) >= 11 is 0. The van der Waals surface area contributed by atoms with E-state index >= 15 is 0 Å². The van der Waals surface area contributed by atoms with Crippen LogP contribution in [0.1, 0.15) is 41.5 Å². The lowest BCUT2D eigenvalue weighted by Crippen LogP contribution is -2.50. The van der Waals surface area contributed by atoms with Crippen molar-refractivity contribution in [3.05, 3.63) is 53.6 Å². The molecule has 172 valence electrons. The molecule has 0 radical (unpaired) electrons. The third kappa shape index (κ3) is 4.98. The number of hydrogen-bond donors (Lipinski definition) is 0. The Morgan fingerprint density at radius 2 is 1.34 bits per heavy atom. The summed E-state index contributed by atoms with van der Waals surface area (Å²) in [5.41, 5.74) is 2.33. The number of anilines is 1. The molecule has 0 bridgehead atoms. The smallest absolute Gasteiger partial charge is 0.254 e. The van der Waals surface area contributed by atoms with Gasteiger partial charge in [0.1, 0.15) is 0 Å². The Hall–Kier alpha value is -3.22. The second-order valence-electron chi connectivity index (χ2n) is 8.08. The third-order valence-corrected chi connectivity index (χ3v) is 5.89. The van der Waals surface area contributed by atoms with Crippen LogP contribution in [0, 0.1) is 0 Å². The maximum Gasteiger partial charge on any atom is 0.254 e. The molecule has 1 heterocycles. The SMILES string of the molecule is CCN(c1ccc(C(=O)N2CCN(C(=O)c3ccc(OC)c(OC)c3)CC2)cc1)C(C)C. The topological polar surface area (TPSA) is 62.3 Å². The van der Waals surface area contributed by atoms with E-state index in [9.17, 15) is 9.59 Å². The van der Waals surface area contributed by atoms with Gasteiger partial charge in [0.05, 0.1) is 14.2 Å². The highest BCUT2D eigenvalue weighted by Crippen LogP contribution is 2.28. The van der Waals surface area contributed by atoms with Crippen LogP contribution in [0.2, 0.25) is 0 Å². The van der Waals surface area contributed by atoms with E-state index in [1.165, 1.54) is 0 Å². The second-order valence-corrected chi connectivity index (χ2v) is 8.08. The van der Waals surface area contributed by atoms with E-state index in [0.29, 0.717) is 54.8 Å². The van der Waals surface area contributed by atoms with E-state index in [1.807, 2.05) is 29.2 Å². The Bertz CT molecular complexity index is 935. The van der Waals surface area contributed by atoms with Gasteiger partial charge in [-0.15, -0.1) is 0 Å². The average molecular weight is 440 g/mol. The van der Waals surface area contributed by atoms with E-state index in [0.717, 1.165) is 12.2 Å². The van der Waals surface area contributed by atoms with Gasteiger partial charge in [0.2, 0.25) is 0 Å². The lowest BCUT2D eigenvalue weighted by atomic mass is 10.1. The van der Waals surface area contributed by atoms with Crippen LogP contribution in [0.5, 0.6) is 11.5 Å². The normalized spacial score (nSPS) is 13.8. The summed E-state index contributed by atoms with van der Waals surface area (Å²) in [5.74, 6) is 1.04. The minimum absolute atomic E-state index is 0.00219. The van der Waals surface area contributed by atoms with E-state index in [4.69, 9.17) is 9.47 Å². The van der Waals surface area contributed by atoms with Gasteiger partial charge >= 0.3 is 0 Å². The Morgan fingerprint density at radius 1 is 0.844 bits per heavy atom. The predicted molar refractivity (Wildman–Crippen MR) is 126 cm³/mol. The largest absolute Gasteiger partial charge is 0.493 e. The number of rotatable bonds is 7. The molecule has 2 aromatic rings. The number of piperazine rings is 1. The molecular formula is C25H33N3O4. The van der Waals surface area contributed by atoms with Crippen molar-refractivity contribution in [2.75, 3.05) is 51.8 Å². The molecule has 2 aromatic carbocycles. The fraction of sp³-hybridized carbons (Fsp3) is 0.440. The zero-order valence-corrected chi connectivity index (χ0v) is 19.6. The molecule has 2 amide bonds. The van der Waals surface area contributed by atoms with Gasteiger partial charge in [-0.2, -0.15) is 0 Å². The van der Waals surface area contributed by atoms with Crippen molar-refractivity contribution in [1.82, 2.24) is 9.80 Å². The Balaban J connectivity index is 1.61. The molecule has 1 fully saturated rings. The Labute approximate surface area is 190 Å². The van der Waals surface area contributed by atoms with Gasteiger partial charge in [-0.3, -0.25) is 9.59 Å². The lowest BCUT2D eigenvalue weighted by Gasteiger charge is -2.35. The number of hydrogen-bond acceptors (Lipinski definition) is 5. The van der Waals surface area contributed by atoms with Crippen molar-refractivity contribution in [3.63, 3.8) is 0 Å². The molecule has 0 unspecified atom stereocenters. The van der Waals surface area contributed by atoms with Crippen molar-refractivity contribution in [2.45, 2.75) is 26.8 Å². The number of carbonyl (C=O) groups is 2. The van der Waals surface area contributed by atoms with Gasteiger partial charge in [0.25, 0.3) is 11.8 Å². The van der Waals surface area contributed by atoms with Crippen LogP contribution in [0.15, 0.2) is 42.5 Å². The highest BCUT2D eigenvalue weighted by atomic mass is 16.5. The lowest BCUT2D eigenvalue weighted by molar-refractivity contribution is 0.0535. The number of carbonyl (C=O) groups excluding carboxylic acids is 2. The van der Waals surface area contributed by atoms with Crippen molar-refractivity contribution in [3.8, 4) is 11.5 Å². The zero-order valence-electron chi connectivity index (χ0n) is 19.6. The van der Waals surface area contributed by atoms with E-state index in [2.05, 4.69) is 25.7 Å². The van der Waals surface area contributed by atoms with E-state index in [1.54, 1.807) is 37.3 Å². The van der Waals surface area contributed by atoms with Crippen molar-refractivity contribution in [1.29, 1.82) is 0 Å². The standard InChI is InChI=1S/C25H33N3O4/c1-6-28(18(2)3)21-10-7-19(8-11-21)24(29)26-13-15-27(16-14-26)25(30)20-9-12-22(31-4)23(17-20)32-5/h7-12,17-18H,6,13-16H2,1-5H3. The van der Waals surface area contributed by atoms with Gasteiger partial charge in [0.15, 0.2) is 11.5 Å². The molecular weight excluding hydrogens is 406 g/mol. The first-order valence-electron chi connectivity index (χ1n) is 11.1. The number of amides is 2. The fourth-order valence-electron chi connectivity index (χ4n) is 4.09. The zero-order chi connectivity index (χ0) is 23.3. The number of ether oxygens (including phenoxy) is 2. The number of methoxy groups -OCH3 is 2. The monoisotopic (exact) mass is 439 g/mol. The van der Waals surface area contributed by atoms with Crippen LogP contribution in [0.3, 0.4) is 0 Å². The summed E-state index contributed by atoms with van der Waals surface area (Å²) in [6, 6.07) is 13.4. The molecule has 0 spiro atoms. The molecule has 1 aliphatic rings. The van der Waals surface area contributed by atoms with Crippen LogP contribution in [0.4, 0.5) is 5.69 Å². The van der Waals surface area contributed by atoms with Gasteiger partial charge in [-0.05, 0) is 63.2 Å². The average Bonchev–Trinajstić information content (AvgIpc) is 2.83. The summed E-state index contributed by atoms with van der Waals surface area (Å²) in [6.07, 6.45) is 0. The van der Waals surface area contributed by atoms with E-state index < -0.39 is 0 Å². The molecule has 7 heteroatoms. The van der Waals surface area contributed by atoms with Crippen LogP contribution in [-0.4, -0.2) is 74.6 Å². The quantitative estimate of drug-likeness (QED) is 0.660. The van der Waals surface area contributed by atoms with E-state index in [-0.39, 0.29) is 11.8 Å². The highest BCUT2D eigenvalue weighted by molar-refractivity contribution is 5.96. The van der Waals surface area contributed by atoms with Crippen LogP contribution in [0.25, 0.3) is 0 Å². The van der Waals surface area contributed by atoms with Crippen molar-refractivity contribution in [2.24, 2.45) is 0 Å². The third-order valence-electron chi connectivity index (χ3n) is 5.89. The first-order chi connectivity index (χ1) is 15.4. The summed E-state index contributed by atoms with van der Waals surface area (Å²) in [5, 5.41) is 0. The predicted octanol–water partition coefficient (Wildman–Crippen LogP) is 3.54. The van der Waals surface area contributed by atoms with Crippen LogP contribution >= 0.6 is 0 Å². The minimum atomic E-state index is -0.0734. The van der Waals surface area contributed by atoms with Crippen molar-refractivity contribution < 1.29 is 19.1 Å². The molecule has 0 aliphatic carbocycles. The minimum Gasteiger partial charge on any atom is -0.493 e. The summed E-state index contributed by atoms with van der Waals surface area (Å²) in [6.45, 7) is 9.36. The number of benzene rings is 2. The van der Waals surface area contributed by atoms with Gasteiger partial charge in [-0.25, -0.2) is 0 Å². The summed E-state index contributed by atoms with van der Waals surface area (Å²) in [4.78, 5) is 31.8. The first kappa shape index (κ1) is 23.4. The molecule has 1 saturated heterocycles. The Kier molecular flexibility index (Phi) is 7.62. The Morgan fingerprint density at radius 3 is 1.81 bits per heavy atom. The fourth-order valence-corrected chi connectivity index (χ4v) is 4.09. The molecule has 0 aromatic heterocycles. The second kappa shape index (κ2) is 10.4. The maximum atomic E-state index is 13.0. The summed E-state index contributed by atoms with van der Waals surface area (Å²) in [7, 11) is 3.11. The molecule has 3 rings (SSSR count). The van der Waals surface area contributed by atoms with Gasteiger partial charge < -0.3 is 24.2 Å². The van der Waals surface area contributed by atoms with Crippen LogP contribution < -0.4 is 14.4 Å². The number of nitrogens with zero attached hydrogens (tertiary/aromatic N) is 3. The molecule has 0 N–H and O–H groups in total. The molecule has 0 atom stereocenters. The van der Waals surface area contributed by atoms with Crippen molar-refractivity contribution >= 4 is 17.5 Å². The maximum absolute atomic E-state index is 13.0. The summed E-state index contributed by atoms with van der Waals surface area (Å²) < 4.78 is 10.5. The first-order valence-corrected chi connectivity index (χ1v) is 11.1. The van der Waals surface area contributed by atoms with Gasteiger partial charge in [-0.1, -0.05) is 0 Å². The highest BCUT2D eigenvalue weighted by Gasteiger charge is 2.26. The molecule has 1 aliphatic heterocycles. The molecule has 32 heavy (non-hydrogen) atoms. The molecule has 7 nitrogen and oxygen atoms in total.